The fraction of sp³-hybridized carbons (Fsp3) is 0.385. The van der Waals surface area contributed by atoms with E-state index in [1.54, 1.807) is 0 Å². The molecule has 1 aromatic rings. The number of hydrogen-bond donors (Lipinski definition) is 3. The number of benzene rings is 1. The maximum Gasteiger partial charge on any atom is 0.325 e. The van der Waals surface area contributed by atoms with Crippen LogP contribution >= 0.6 is 0 Å². The molecule has 1 aliphatic carbocycles. The number of carbonyl (C=O) groups is 2. The molecule has 0 aromatic heterocycles. The molecule has 1 aliphatic rings. The smallest absolute Gasteiger partial charge is 0.325 e. The summed E-state index contributed by atoms with van der Waals surface area (Å²) in [4.78, 5) is 22.1. The topological polar surface area (TPSA) is 78.4 Å². The average Bonchev–Trinajstić information content (AvgIpc) is 3.09. The van der Waals surface area contributed by atoms with Gasteiger partial charge in [0.05, 0.1) is 0 Å². The summed E-state index contributed by atoms with van der Waals surface area (Å²) in [6.07, 6.45) is 0.902. The maximum atomic E-state index is 11.5. The molecular weight excluding hydrogens is 232 g/mol. The molecule has 0 heterocycles. The van der Waals surface area contributed by atoms with Crippen LogP contribution in [0.15, 0.2) is 30.3 Å². The van der Waals surface area contributed by atoms with Gasteiger partial charge in [-0.15, -0.1) is 0 Å². The van der Waals surface area contributed by atoms with Crippen molar-refractivity contribution in [3.05, 3.63) is 35.9 Å². The number of hydrogen-bond acceptors (Lipinski definition) is 2. The lowest BCUT2D eigenvalue weighted by molar-refractivity contribution is -0.138. The van der Waals surface area contributed by atoms with Crippen molar-refractivity contribution in [3.8, 4) is 0 Å². The lowest BCUT2D eigenvalue weighted by Crippen LogP contribution is -2.45. The zero-order valence-electron chi connectivity index (χ0n) is 10.1. The molecule has 0 saturated heterocycles. The van der Waals surface area contributed by atoms with Crippen LogP contribution in [0, 0.1) is 0 Å². The van der Waals surface area contributed by atoms with Gasteiger partial charge in [-0.1, -0.05) is 30.3 Å². The van der Waals surface area contributed by atoms with E-state index in [1.807, 2.05) is 30.3 Å². The molecule has 18 heavy (non-hydrogen) atoms. The van der Waals surface area contributed by atoms with Crippen LogP contribution in [0.2, 0.25) is 0 Å². The van der Waals surface area contributed by atoms with E-state index in [2.05, 4.69) is 10.6 Å². The van der Waals surface area contributed by atoms with Gasteiger partial charge in [0.1, 0.15) is 6.04 Å². The molecule has 2 unspecified atom stereocenters. The second-order valence-electron chi connectivity index (χ2n) is 4.54. The van der Waals surface area contributed by atoms with Crippen molar-refractivity contribution in [2.75, 3.05) is 0 Å². The highest BCUT2D eigenvalue weighted by atomic mass is 16.4. The summed E-state index contributed by atoms with van der Waals surface area (Å²) in [5.41, 5.74) is 1.20. The molecule has 0 bridgehead atoms. The summed E-state index contributed by atoms with van der Waals surface area (Å²) in [7, 11) is 0. The molecule has 0 aliphatic heterocycles. The maximum absolute atomic E-state index is 11.5. The first kappa shape index (κ1) is 12.4. The van der Waals surface area contributed by atoms with Crippen LogP contribution in [0.4, 0.5) is 4.79 Å². The van der Waals surface area contributed by atoms with Crippen molar-refractivity contribution in [1.29, 1.82) is 0 Å². The first-order chi connectivity index (χ1) is 8.58. The van der Waals surface area contributed by atoms with Crippen molar-refractivity contribution in [1.82, 2.24) is 10.6 Å². The Balaban J connectivity index is 1.80. The fourth-order valence-electron chi connectivity index (χ4n) is 1.89. The number of nitrogens with one attached hydrogen (secondary N) is 2. The summed E-state index contributed by atoms with van der Waals surface area (Å²) in [5.74, 6) is -0.697. The van der Waals surface area contributed by atoms with E-state index >= 15 is 0 Å². The second-order valence-corrected chi connectivity index (χ2v) is 4.54. The number of aliphatic carboxylic acids is 1. The van der Waals surface area contributed by atoms with E-state index in [-0.39, 0.29) is 6.04 Å². The first-order valence-electron chi connectivity index (χ1n) is 5.92. The van der Waals surface area contributed by atoms with E-state index in [0.717, 1.165) is 6.42 Å². The van der Waals surface area contributed by atoms with Crippen LogP contribution in [0.5, 0.6) is 0 Å². The molecule has 5 nitrogen and oxygen atoms in total. The molecule has 2 rings (SSSR count). The molecule has 1 saturated carbocycles. The number of carboxylic acids is 1. The van der Waals surface area contributed by atoms with Gasteiger partial charge in [0, 0.05) is 12.0 Å². The minimum absolute atomic E-state index is 0.105. The van der Waals surface area contributed by atoms with Gasteiger partial charge in [0.25, 0.3) is 0 Å². The number of rotatable bonds is 4. The van der Waals surface area contributed by atoms with Gasteiger partial charge in [-0.05, 0) is 18.9 Å². The zero-order valence-corrected chi connectivity index (χ0v) is 10.1. The van der Waals surface area contributed by atoms with Crippen molar-refractivity contribution in [2.45, 2.75) is 31.3 Å². The number of carbonyl (C=O) groups excluding carboxylic acids is 1. The van der Waals surface area contributed by atoms with Crippen molar-refractivity contribution in [2.24, 2.45) is 0 Å². The minimum atomic E-state index is -1.04. The van der Waals surface area contributed by atoms with Gasteiger partial charge in [-0.25, -0.2) is 4.79 Å². The summed E-state index contributed by atoms with van der Waals surface area (Å²) in [6.45, 7) is 1.43. The minimum Gasteiger partial charge on any atom is -0.480 e. The van der Waals surface area contributed by atoms with Gasteiger partial charge in [0.2, 0.25) is 0 Å². The molecule has 3 N–H and O–H groups in total. The van der Waals surface area contributed by atoms with Crippen LogP contribution in [0.3, 0.4) is 0 Å². The van der Waals surface area contributed by atoms with Crippen LogP contribution < -0.4 is 10.6 Å². The largest absolute Gasteiger partial charge is 0.480 e. The summed E-state index contributed by atoms with van der Waals surface area (Å²) < 4.78 is 0. The molecular formula is C13H16N2O3. The average molecular weight is 248 g/mol. The van der Waals surface area contributed by atoms with Crippen LogP contribution in [-0.4, -0.2) is 29.2 Å². The standard InChI is InChI=1S/C13H16N2O3/c1-8(12(16)17)14-13(18)15-11-7-10(11)9-5-3-2-4-6-9/h2-6,8,10-11H,7H2,1H3,(H,16,17)(H2,14,15,18)/t8-,10?,11?/m1/s1. The molecule has 5 heteroatoms. The number of carboxylic acid groups (broad SMARTS) is 1. The van der Waals surface area contributed by atoms with Crippen molar-refractivity contribution >= 4 is 12.0 Å². The zero-order chi connectivity index (χ0) is 13.1. The first-order valence-corrected chi connectivity index (χ1v) is 5.92. The highest BCUT2D eigenvalue weighted by Crippen LogP contribution is 2.40. The highest BCUT2D eigenvalue weighted by Gasteiger charge is 2.39. The molecule has 2 amide bonds. The van der Waals surface area contributed by atoms with E-state index in [1.165, 1.54) is 12.5 Å². The Morgan fingerprint density at radius 1 is 1.33 bits per heavy atom. The number of amides is 2. The lowest BCUT2D eigenvalue weighted by Gasteiger charge is -2.10. The highest BCUT2D eigenvalue weighted by molar-refractivity contribution is 5.82. The van der Waals surface area contributed by atoms with Crippen LogP contribution in [-0.2, 0) is 4.79 Å². The molecule has 1 fully saturated rings. The molecule has 1 aromatic carbocycles. The van der Waals surface area contributed by atoms with E-state index in [0.29, 0.717) is 5.92 Å². The SMILES string of the molecule is C[C@@H](NC(=O)NC1CC1c1ccccc1)C(=O)O. The van der Waals surface area contributed by atoms with E-state index in [9.17, 15) is 9.59 Å². The Bertz CT molecular complexity index is 447. The van der Waals surface area contributed by atoms with Crippen LogP contribution in [0.1, 0.15) is 24.8 Å². The Morgan fingerprint density at radius 2 is 2.00 bits per heavy atom. The molecule has 3 atom stereocenters. The van der Waals surface area contributed by atoms with Gasteiger partial charge in [-0.2, -0.15) is 0 Å². The summed E-state index contributed by atoms with van der Waals surface area (Å²) in [6, 6.07) is 8.76. The van der Waals surface area contributed by atoms with Gasteiger partial charge >= 0.3 is 12.0 Å². The van der Waals surface area contributed by atoms with E-state index in [4.69, 9.17) is 5.11 Å². The second kappa shape index (κ2) is 5.08. The van der Waals surface area contributed by atoms with Crippen molar-refractivity contribution < 1.29 is 14.7 Å². The Hall–Kier alpha value is -2.04. The monoisotopic (exact) mass is 248 g/mol. The third kappa shape index (κ3) is 3.00. The predicted molar refractivity (Wildman–Crippen MR) is 66.4 cm³/mol. The Morgan fingerprint density at radius 3 is 2.61 bits per heavy atom. The third-order valence-electron chi connectivity index (χ3n) is 3.05. The van der Waals surface area contributed by atoms with Gasteiger partial charge < -0.3 is 15.7 Å². The molecule has 0 radical (unpaired) electrons. The third-order valence-corrected chi connectivity index (χ3v) is 3.05. The molecule has 0 spiro atoms. The van der Waals surface area contributed by atoms with Gasteiger partial charge in [0.15, 0.2) is 0 Å². The fourth-order valence-corrected chi connectivity index (χ4v) is 1.89. The molecule has 96 valence electrons. The lowest BCUT2D eigenvalue weighted by atomic mass is 10.1. The normalized spacial score (nSPS) is 22.9. The van der Waals surface area contributed by atoms with E-state index < -0.39 is 18.0 Å². The summed E-state index contributed by atoms with van der Waals surface area (Å²) >= 11 is 0. The number of urea groups is 1. The Labute approximate surface area is 105 Å². The Kier molecular flexibility index (Phi) is 3.50. The predicted octanol–water partition coefficient (Wildman–Crippen LogP) is 1.31. The van der Waals surface area contributed by atoms with Gasteiger partial charge in [-0.3, -0.25) is 4.79 Å². The quantitative estimate of drug-likeness (QED) is 0.751. The van der Waals surface area contributed by atoms with Crippen molar-refractivity contribution in [3.63, 3.8) is 0 Å². The summed E-state index contributed by atoms with van der Waals surface area (Å²) in [5, 5.41) is 13.8. The van der Waals surface area contributed by atoms with Crippen LogP contribution in [0.25, 0.3) is 0 Å².